The van der Waals surface area contributed by atoms with Crippen LogP contribution >= 0.6 is 0 Å². The summed E-state index contributed by atoms with van der Waals surface area (Å²) in [4.78, 5) is 13.9. The zero-order valence-corrected chi connectivity index (χ0v) is 15.8. The van der Waals surface area contributed by atoms with Crippen LogP contribution in [0.2, 0.25) is 0 Å². The fourth-order valence-electron chi connectivity index (χ4n) is 3.19. The molecule has 3 aromatic rings. The lowest BCUT2D eigenvalue weighted by Crippen LogP contribution is -3.07. The predicted octanol–water partition coefficient (Wildman–Crippen LogP) is 2.17. The second-order valence-corrected chi connectivity index (χ2v) is 6.83. The van der Waals surface area contributed by atoms with Crippen LogP contribution in [0.25, 0.3) is 10.8 Å². The SMILES string of the molecule is COc1ccc([C@@H](CNC(=O)c2cc3ccccc3cc2O)[NH+](C)C)cc1. The molecule has 0 radical (unpaired) electrons. The number of phenolic OH excluding ortho intramolecular Hbond substituents is 1. The third-order valence-electron chi connectivity index (χ3n) is 4.79. The average Bonchev–Trinajstić information content (AvgIpc) is 2.67. The van der Waals surface area contributed by atoms with E-state index < -0.39 is 0 Å². The molecular formula is C22H25N2O3+. The number of benzene rings is 3. The summed E-state index contributed by atoms with van der Waals surface area (Å²) in [5, 5.41) is 15.0. The van der Waals surface area contributed by atoms with Crippen molar-refractivity contribution in [1.82, 2.24) is 5.32 Å². The number of carbonyl (C=O) groups excluding carboxylic acids is 1. The second kappa shape index (κ2) is 8.10. The molecule has 1 amide bonds. The van der Waals surface area contributed by atoms with Gasteiger partial charge >= 0.3 is 0 Å². The lowest BCUT2D eigenvalue weighted by atomic mass is 10.0. The van der Waals surface area contributed by atoms with Crippen molar-refractivity contribution in [2.45, 2.75) is 6.04 Å². The van der Waals surface area contributed by atoms with E-state index in [9.17, 15) is 9.90 Å². The lowest BCUT2D eigenvalue weighted by Gasteiger charge is -2.22. The first-order valence-corrected chi connectivity index (χ1v) is 8.93. The van der Waals surface area contributed by atoms with E-state index in [0.717, 1.165) is 22.1 Å². The van der Waals surface area contributed by atoms with Gasteiger partial charge < -0.3 is 20.1 Å². The molecule has 5 nitrogen and oxygen atoms in total. The van der Waals surface area contributed by atoms with Crippen LogP contribution in [0.15, 0.2) is 60.7 Å². The van der Waals surface area contributed by atoms with Crippen LogP contribution in [0, 0.1) is 0 Å². The van der Waals surface area contributed by atoms with Crippen LogP contribution in [-0.2, 0) is 0 Å². The molecule has 27 heavy (non-hydrogen) atoms. The summed E-state index contributed by atoms with van der Waals surface area (Å²) < 4.78 is 5.21. The Bertz CT molecular complexity index is 936. The van der Waals surface area contributed by atoms with Gasteiger partial charge in [-0.2, -0.15) is 0 Å². The van der Waals surface area contributed by atoms with Crippen LogP contribution in [0.5, 0.6) is 11.5 Å². The van der Waals surface area contributed by atoms with E-state index in [-0.39, 0.29) is 23.3 Å². The molecule has 0 aromatic heterocycles. The molecule has 0 aliphatic carbocycles. The first-order valence-electron chi connectivity index (χ1n) is 8.93. The van der Waals surface area contributed by atoms with Crippen LogP contribution in [0.3, 0.4) is 0 Å². The number of likely N-dealkylation sites (N-methyl/N-ethyl adjacent to an activating group) is 1. The number of nitrogens with one attached hydrogen (secondary N) is 2. The van der Waals surface area contributed by atoms with Crippen molar-refractivity contribution >= 4 is 16.7 Å². The van der Waals surface area contributed by atoms with Crippen LogP contribution < -0.4 is 15.0 Å². The summed E-state index contributed by atoms with van der Waals surface area (Å²) in [5.74, 6) is 0.513. The first kappa shape index (κ1) is 18.7. The third-order valence-corrected chi connectivity index (χ3v) is 4.79. The number of amides is 1. The highest BCUT2D eigenvalue weighted by atomic mass is 16.5. The molecule has 0 fully saturated rings. The van der Waals surface area contributed by atoms with E-state index in [0.29, 0.717) is 6.54 Å². The van der Waals surface area contributed by atoms with Gasteiger partial charge in [-0.3, -0.25) is 4.79 Å². The number of hydrogen-bond donors (Lipinski definition) is 3. The minimum atomic E-state index is -0.280. The maximum absolute atomic E-state index is 12.7. The van der Waals surface area contributed by atoms with Crippen molar-refractivity contribution in [3.05, 3.63) is 71.8 Å². The minimum Gasteiger partial charge on any atom is -0.507 e. The van der Waals surface area contributed by atoms with E-state index in [1.165, 1.54) is 4.90 Å². The maximum atomic E-state index is 12.7. The Morgan fingerprint density at radius 2 is 1.70 bits per heavy atom. The van der Waals surface area contributed by atoms with Crippen LogP contribution in [0.1, 0.15) is 22.0 Å². The molecule has 0 aliphatic rings. The van der Waals surface area contributed by atoms with E-state index in [4.69, 9.17) is 4.74 Å². The fourth-order valence-corrected chi connectivity index (χ4v) is 3.19. The number of hydrogen-bond acceptors (Lipinski definition) is 3. The third kappa shape index (κ3) is 4.20. The molecule has 1 atom stereocenters. The number of methoxy groups -OCH3 is 1. The van der Waals surface area contributed by atoms with E-state index in [1.54, 1.807) is 19.2 Å². The Morgan fingerprint density at radius 1 is 1.07 bits per heavy atom. The van der Waals surface area contributed by atoms with Gasteiger partial charge in [0.15, 0.2) is 0 Å². The summed E-state index contributed by atoms with van der Waals surface area (Å²) in [6.07, 6.45) is 0. The highest BCUT2D eigenvalue weighted by Gasteiger charge is 2.20. The molecule has 0 spiro atoms. The number of phenols is 1. The Morgan fingerprint density at radius 3 is 2.30 bits per heavy atom. The van der Waals surface area contributed by atoms with Gasteiger partial charge in [0.2, 0.25) is 0 Å². The molecule has 0 saturated heterocycles. The standard InChI is InChI=1S/C22H24N2O3/c1-24(2)20(15-8-10-18(27-3)11-9-15)14-23-22(26)19-12-16-6-4-5-7-17(16)13-21(19)25/h4-13,20,25H,14H2,1-3H3,(H,23,26)/p+1/t20-/m1/s1. The molecule has 0 aliphatic heterocycles. The van der Waals surface area contributed by atoms with E-state index in [2.05, 4.69) is 19.4 Å². The Balaban J connectivity index is 1.77. The molecule has 3 aromatic carbocycles. The van der Waals surface area contributed by atoms with E-state index in [1.807, 2.05) is 48.5 Å². The largest absolute Gasteiger partial charge is 0.507 e. The van der Waals surface area contributed by atoms with Crippen molar-refractivity contribution in [3.8, 4) is 11.5 Å². The van der Waals surface area contributed by atoms with Crippen molar-refractivity contribution < 1.29 is 19.5 Å². The number of ether oxygens (including phenoxy) is 1. The molecule has 3 rings (SSSR count). The van der Waals surface area contributed by atoms with Crippen LogP contribution in [-0.4, -0.2) is 38.8 Å². The van der Waals surface area contributed by atoms with Gasteiger partial charge in [0.05, 0.1) is 33.3 Å². The minimum absolute atomic E-state index is 0.00982. The summed E-state index contributed by atoms with van der Waals surface area (Å²) in [7, 11) is 5.74. The van der Waals surface area contributed by atoms with Gasteiger partial charge in [-0.25, -0.2) is 0 Å². The molecule has 0 saturated carbocycles. The number of carbonyl (C=O) groups is 1. The smallest absolute Gasteiger partial charge is 0.255 e. The zero-order chi connectivity index (χ0) is 19.4. The Kier molecular flexibility index (Phi) is 5.62. The van der Waals surface area contributed by atoms with Crippen LogP contribution in [0.4, 0.5) is 0 Å². The average molecular weight is 365 g/mol. The maximum Gasteiger partial charge on any atom is 0.255 e. The van der Waals surface area contributed by atoms with Gasteiger partial charge in [0.25, 0.3) is 5.91 Å². The molecule has 3 N–H and O–H groups in total. The summed E-state index contributed by atoms with van der Waals surface area (Å²) in [6, 6.07) is 18.9. The van der Waals surface area contributed by atoms with Crippen molar-refractivity contribution in [2.24, 2.45) is 0 Å². The Hall–Kier alpha value is -3.05. The van der Waals surface area contributed by atoms with Crippen molar-refractivity contribution in [1.29, 1.82) is 0 Å². The van der Waals surface area contributed by atoms with Gasteiger partial charge in [-0.15, -0.1) is 0 Å². The number of quaternary nitrogens is 1. The van der Waals surface area contributed by atoms with E-state index >= 15 is 0 Å². The topological polar surface area (TPSA) is 63.0 Å². The summed E-state index contributed by atoms with van der Waals surface area (Å²) >= 11 is 0. The molecule has 5 heteroatoms. The Labute approximate surface area is 159 Å². The normalized spacial score (nSPS) is 12.1. The molecule has 0 unspecified atom stereocenters. The van der Waals surface area contributed by atoms with Crippen molar-refractivity contribution in [3.63, 3.8) is 0 Å². The first-order chi connectivity index (χ1) is 13.0. The highest BCUT2D eigenvalue weighted by molar-refractivity contribution is 6.01. The summed E-state index contributed by atoms with van der Waals surface area (Å²) in [6.45, 7) is 0.458. The molecule has 0 heterocycles. The second-order valence-electron chi connectivity index (χ2n) is 6.83. The zero-order valence-electron chi connectivity index (χ0n) is 15.8. The predicted molar refractivity (Wildman–Crippen MR) is 106 cm³/mol. The molecular weight excluding hydrogens is 340 g/mol. The lowest BCUT2D eigenvalue weighted by molar-refractivity contribution is -0.890. The molecule has 0 bridgehead atoms. The van der Waals surface area contributed by atoms with Gasteiger partial charge in [0, 0.05) is 5.56 Å². The fraction of sp³-hybridized carbons (Fsp3) is 0.227. The van der Waals surface area contributed by atoms with Crippen molar-refractivity contribution in [2.75, 3.05) is 27.7 Å². The quantitative estimate of drug-likeness (QED) is 0.627. The number of aromatic hydroxyl groups is 1. The molecule has 140 valence electrons. The van der Waals surface area contributed by atoms with Gasteiger partial charge in [0.1, 0.15) is 17.5 Å². The number of rotatable bonds is 6. The van der Waals surface area contributed by atoms with Gasteiger partial charge in [-0.05, 0) is 47.2 Å². The summed E-state index contributed by atoms with van der Waals surface area (Å²) in [5.41, 5.74) is 1.40. The van der Waals surface area contributed by atoms with Gasteiger partial charge in [-0.1, -0.05) is 24.3 Å². The number of fused-ring (bicyclic) bond motifs is 1. The highest BCUT2D eigenvalue weighted by Crippen LogP contribution is 2.25. The monoisotopic (exact) mass is 365 g/mol.